The van der Waals surface area contributed by atoms with Crippen molar-refractivity contribution in [2.24, 2.45) is 5.73 Å². The number of ketones is 1. The van der Waals surface area contributed by atoms with Crippen molar-refractivity contribution in [3.8, 4) is 0 Å². The molecule has 0 aliphatic rings. The summed E-state index contributed by atoms with van der Waals surface area (Å²) < 4.78 is 13.0. The van der Waals surface area contributed by atoms with E-state index < -0.39 is 11.6 Å². The quantitative estimate of drug-likeness (QED) is 0.662. The minimum Gasteiger partial charge on any atom is -0.324 e. The molecule has 2 N–H and O–H groups in total. The molecule has 0 aliphatic heterocycles. The first kappa shape index (κ1) is 11.0. The number of hydrogen-bond donors (Lipinski definition) is 1. The first-order valence-electron chi connectivity index (χ1n) is 3.78. The second kappa shape index (κ2) is 4.43. The molecule has 14 heavy (non-hydrogen) atoms. The molecule has 0 aromatic heterocycles. The van der Waals surface area contributed by atoms with E-state index in [-0.39, 0.29) is 22.1 Å². The number of hydrogen-bond acceptors (Lipinski definition) is 3. The molecular formula is C9H7BrFNO2. The van der Waals surface area contributed by atoms with Gasteiger partial charge in [0.05, 0.1) is 11.0 Å². The van der Waals surface area contributed by atoms with Crippen molar-refractivity contribution in [1.82, 2.24) is 0 Å². The minimum atomic E-state index is -0.590. The van der Waals surface area contributed by atoms with Crippen LogP contribution in [0.5, 0.6) is 0 Å². The molecule has 0 spiro atoms. The molecule has 0 bridgehead atoms. The SMILES string of the molecule is NCC(=O)c1c(C=O)ccc(F)c1Br. The van der Waals surface area contributed by atoms with Gasteiger partial charge in [0.1, 0.15) is 5.82 Å². The number of benzene rings is 1. The molecule has 3 nitrogen and oxygen atoms in total. The summed E-state index contributed by atoms with van der Waals surface area (Å²) in [7, 11) is 0. The van der Waals surface area contributed by atoms with Crippen LogP contribution in [0.4, 0.5) is 4.39 Å². The van der Waals surface area contributed by atoms with Crippen molar-refractivity contribution in [3.63, 3.8) is 0 Å². The van der Waals surface area contributed by atoms with E-state index in [0.717, 1.165) is 6.07 Å². The molecule has 0 saturated heterocycles. The Balaban J connectivity index is 3.42. The molecule has 0 atom stereocenters. The number of nitrogens with two attached hydrogens (primary N) is 1. The van der Waals surface area contributed by atoms with Gasteiger partial charge in [-0.3, -0.25) is 9.59 Å². The maximum Gasteiger partial charge on any atom is 0.178 e. The lowest BCUT2D eigenvalue weighted by atomic mass is 10.0. The smallest absolute Gasteiger partial charge is 0.178 e. The van der Waals surface area contributed by atoms with Gasteiger partial charge in [-0.15, -0.1) is 0 Å². The monoisotopic (exact) mass is 259 g/mol. The molecule has 1 aromatic rings. The van der Waals surface area contributed by atoms with Gasteiger partial charge in [0.25, 0.3) is 0 Å². The summed E-state index contributed by atoms with van der Waals surface area (Å²) in [6, 6.07) is 2.36. The largest absolute Gasteiger partial charge is 0.324 e. The Bertz CT molecular complexity index is 393. The molecule has 0 aliphatic carbocycles. The Labute approximate surface area is 88.2 Å². The lowest BCUT2D eigenvalue weighted by Gasteiger charge is -2.05. The van der Waals surface area contributed by atoms with E-state index in [1.165, 1.54) is 6.07 Å². The third-order valence-electron chi connectivity index (χ3n) is 1.72. The fraction of sp³-hybridized carbons (Fsp3) is 0.111. The number of Topliss-reactive ketones (excluding diaryl/α,β-unsaturated/α-hetero) is 1. The Morgan fingerprint density at radius 2 is 2.21 bits per heavy atom. The summed E-state index contributed by atoms with van der Waals surface area (Å²) in [6.07, 6.45) is 0.493. The molecular weight excluding hydrogens is 253 g/mol. The van der Waals surface area contributed by atoms with Gasteiger partial charge in [0, 0.05) is 11.1 Å². The van der Waals surface area contributed by atoms with Crippen LogP contribution in [0.3, 0.4) is 0 Å². The average Bonchev–Trinajstić information content (AvgIpc) is 2.20. The summed E-state index contributed by atoms with van der Waals surface area (Å²) in [5, 5.41) is 0. The van der Waals surface area contributed by atoms with E-state index in [9.17, 15) is 14.0 Å². The molecule has 0 fully saturated rings. The van der Waals surface area contributed by atoms with E-state index in [2.05, 4.69) is 15.9 Å². The average molecular weight is 260 g/mol. The van der Waals surface area contributed by atoms with Crippen molar-refractivity contribution < 1.29 is 14.0 Å². The second-order valence-electron chi connectivity index (χ2n) is 2.57. The van der Waals surface area contributed by atoms with Gasteiger partial charge in [0.2, 0.25) is 0 Å². The molecule has 0 saturated carbocycles. The standard InChI is InChI=1S/C9H7BrFNO2/c10-9-6(11)2-1-5(4-13)8(9)7(14)3-12/h1-2,4H,3,12H2. The number of halogens is 2. The van der Waals surface area contributed by atoms with Gasteiger partial charge in [-0.05, 0) is 28.1 Å². The summed E-state index contributed by atoms with van der Waals surface area (Å²) >= 11 is 2.90. The Kier molecular flexibility index (Phi) is 3.49. The van der Waals surface area contributed by atoms with Crippen LogP contribution in [0.25, 0.3) is 0 Å². The predicted octanol–water partition coefficient (Wildman–Crippen LogP) is 1.54. The van der Waals surface area contributed by atoms with E-state index in [1.54, 1.807) is 0 Å². The van der Waals surface area contributed by atoms with Crippen LogP contribution in [-0.2, 0) is 0 Å². The lowest BCUT2D eigenvalue weighted by molar-refractivity contribution is 0.0993. The zero-order chi connectivity index (χ0) is 10.7. The van der Waals surface area contributed by atoms with Crippen LogP contribution in [0.1, 0.15) is 20.7 Å². The highest BCUT2D eigenvalue weighted by Crippen LogP contribution is 2.23. The first-order valence-corrected chi connectivity index (χ1v) is 4.57. The maximum absolute atomic E-state index is 13.0. The highest BCUT2D eigenvalue weighted by Gasteiger charge is 2.16. The van der Waals surface area contributed by atoms with E-state index >= 15 is 0 Å². The topological polar surface area (TPSA) is 60.2 Å². The van der Waals surface area contributed by atoms with Crippen LogP contribution >= 0.6 is 15.9 Å². The minimum absolute atomic E-state index is 0.00231. The van der Waals surface area contributed by atoms with Crippen LogP contribution in [0, 0.1) is 5.82 Å². The van der Waals surface area contributed by atoms with Crippen LogP contribution in [-0.4, -0.2) is 18.6 Å². The molecule has 1 aromatic carbocycles. The lowest BCUT2D eigenvalue weighted by Crippen LogP contribution is -2.16. The molecule has 5 heteroatoms. The number of carbonyl (C=O) groups excluding carboxylic acids is 2. The Hall–Kier alpha value is -1.07. The van der Waals surface area contributed by atoms with Crippen LogP contribution in [0.2, 0.25) is 0 Å². The molecule has 74 valence electrons. The second-order valence-corrected chi connectivity index (χ2v) is 3.36. The third kappa shape index (κ3) is 1.88. The number of aldehydes is 1. The molecule has 1 rings (SSSR count). The third-order valence-corrected chi connectivity index (χ3v) is 2.49. The summed E-state index contributed by atoms with van der Waals surface area (Å²) in [4.78, 5) is 21.9. The van der Waals surface area contributed by atoms with Crippen LogP contribution in [0.15, 0.2) is 16.6 Å². The summed E-state index contributed by atoms with van der Waals surface area (Å²) in [5.41, 5.74) is 5.27. The van der Waals surface area contributed by atoms with Gasteiger partial charge in [0.15, 0.2) is 12.1 Å². The normalized spacial score (nSPS) is 9.93. The zero-order valence-electron chi connectivity index (χ0n) is 7.09. The Morgan fingerprint density at radius 1 is 1.57 bits per heavy atom. The van der Waals surface area contributed by atoms with Crippen LogP contribution < -0.4 is 5.73 Å². The highest BCUT2D eigenvalue weighted by atomic mass is 79.9. The number of carbonyl (C=O) groups is 2. The van der Waals surface area contributed by atoms with E-state index in [0.29, 0.717) is 6.29 Å². The number of rotatable bonds is 3. The predicted molar refractivity (Wildman–Crippen MR) is 52.9 cm³/mol. The van der Waals surface area contributed by atoms with Crippen molar-refractivity contribution in [2.75, 3.05) is 6.54 Å². The maximum atomic E-state index is 13.0. The van der Waals surface area contributed by atoms with Gasteiger partial charge in [-0.1, -0.05) is 0 Å². The molecule has 0 heterocycles. The van der Waals surface area contributed by atoms with E-state index in [4.69, 9.17) is 5.73 Å². The fourth-order valence-electron chi connectivity index (χ4n) is 1.05. The zero-order valence-corrected chi connectivity index (χ0v) is 8.67. The van der Waals surface area contributed by atoms with Gasteiger partial charge < -0.3 is 5.73 Å². The fourth-order valence-corrected chi connectivity index (χ4v) is 1.63. The molecule has 0 amide bonds. The van der Waals surface area contributed by atoms with Gasteiger partial charge >= 0.3 is 0 Å². The van der Waals surface area contributed by atoms with Gasteiger partial charge in [-0.25, -0.2) is 4.39 Å². The Morgan fingerprint density at radius 3 is 2.71 bits per heavy atom. The highest BCUT2D eigenvalue weighted by molar-refractivity contribution is 9.10. The summed E-state index contributed by atoms with van der Waals surface area (Å²) in [6.45, 7) is -0.261. The van der Waals surface area contributed by atoms with Crippen molar-refractivity contribution in [2.45, 2.75) is 0 Å². The molecule has 0 radical (unpaired) electrons. The van der Waals surface area contributed by atoms with Crippen molar-refractivity contribution in [3.05, 3.63) is 33.5 Å². The van der Waals surface area contributed by atoms with Crippen molar-refractivity contribution >= 4 is 28.0 Å². The molecule has 0 unspecified atom stereocenters. The van der Waals surface area contributed by atoms with E-state index in [1.807, 2.05) is 0 Å². The van der Waals surface area contributed by atoms with Crippen molar-refractivity contribution in [1.29, 1.82) is 0 Å². The van der Waals surface area contributed by atoms with Gasteiger partial charge in [-0.2, -0.15) is 0 Å². The first-order chi connectivity index (χ1) is 6.61. The summed E-state index contributed by atoms with van der Waals surface area (Å²) in [5.74, 6) is -1.06.